The Labute approximate surface area is 106 Å². The zero-order valence-corrected chi connectivity index (χ0v) is 10.3. The number of benzene rings is 1. The molecule has 0 aliphatic rings. The minimum Gasteiger partial charge on any atom is -0.480 e. The molecule has 2 aromatic rings. The summed E-state index contributed by atoms with van der Waals surface area (Å²) in [7, 11) is 1.99. The molecule has 0 saturated heterocycles. The number of rotatable bonds is 4. The van der Waals surface area contributed by atoms with Crippen LogP contribution in [0.1, 0.15) is 5.69 Å². The lowest BCUT2D eigenvalue weighted by Gasteiger charge is -2.04. The van der Waals surface area contributed by atoms with Crippen LogP contribution in [0.2, 0.25) is 0 Å². The van der Waals surface area contributed by atoms with Gasteiger partial charge in [0.15, 0.2) is 0 Å². The van der Waals surface area contributed by atoms with Gasteiger partial charge in [-0.1, -0.05) is 18.2 Å². The lowest BCUT2D eigenvalue weighted by atomic mass is 10.2. The van der Waals surface area contributed by atoms with Crippen molar-refractivity contribution in [1.29, 1.82) is 0 Å². The fourth-order valence-electron chi connectivity index (χ4n) is 1.81. The summed E-state index contributed by atoms with van der Waals surface area (Å²) in [5, 5.41) is 12.6. The van der Waals surface area contributed by atoms with Crippen molar-refractivity contribution in [2.45, 2.75) is 6.54 Å². The summed E-state index contributed by atoms with van der Waals surface area (Å²) in [6.45, 7) is 0.555. The molecule has 0 saturated carbocycles. The average molecular weight is 255 g/mol. The standard InChI is InChI=1S/C12H14N2O2.ClH/c1-14-10(7-13-8-12(15)16)6-9-4-2-3-5-11(9)14;/h2-6,13H,7-8H2,1H3,(H,15,16);1H. The van der Waals surface area contributed by atoms with Gasteiger partial charge in [0.2, 0.25) is 0 Å². The van der Waals surface area contributed by atoms with Crippen molar-refractivity contribution in [3.63, 3.8) is 0 Å². The number of hydrogen-bond donors (Lipinski definition) is 2. The summed E-state index contributed by atoms with van der Waals surface area (Å²) < 4.78 is 2.07. The molecule has 0 fully saturated rings. The highest BCUT2D eigenvalue weighted by molar-refractivity contribution is 5.85. The Bertz CT molecular complexity index is 522. The monoisotopic (exact) mass is 254 g/mol. The third-order valence-corrected chi connectivity index (χ3v) is 2.63. The van der Waals surface area contributed by atoms with E-state index in [4.69, 9.17) is 5.11 Å². The van der Waals surface area contributed by atoms with Crippen molar-refractivity contribution >= 4 is 29.3 Å². The first-order valence-electron chi connectivity index (χ1n) is 5.14. The molecular formula is C12H15ClN2O2. The van der Waals surface area contributed by atoms with Crippen LogP contribution in [0.4, 0.5) is 0 Å². The van der Waals surface area contributed by atoms with E-state index in [0.29, 0.717) is 6.54 Å². The van der Waals surface area contributed by atoms with E-state index >= 15 is 0 Å². The van der Waals surface area contributed by atoms with Crippen molar-refractivity contribution in [1.82, 2.24) is 9.88 Å². The van der Waals surface area contributed by atoms with E-state index in [2.05, 4.69) is 28.1 Å². The van der Waals surface area contributed by atoms with E-state index in [1.165, 1.54) is 5.39 Å². The fraction of sp³-hybridized carbons (Fsp3) is 0.250. The van der Waals surface area contributed by atoms with Gasteiger partial charge in [0.1, 0.15) is 0 Å². The second-order valence-electron chi connectivity index (χ2n) is 3.75. The number of hydrogen-bond acceptors (Lipinski definition) is 2. The molecule has 17 heavy (non-hydrogen) atoms. The van der Waals surface area contributed by atoms with Gasteiger partial charge < -0.3 is 15.0 Å². The molecule has 5 heteroatoms. The van der Waals surface area contributed by atoms with Crippen LogP contribution >= 0.6 is 12.4 Å². The lowest BCUT2D eigenvalue weighted by molar-refractivity contribution is -0.136. The number of halogens is 1. The van der Waals surface area contributed by atoms with E-state index in [1.54, 1.807) is 0 Å². The van der Waals surface area contributed by atoms with Gasteiger partial charge in [-0.05, 0) is 17.5 Å². The molecular weight excluding hydrogens is 240 g/mol. The minimum atomic E-state index is -0.834. The van der Waals surface area contributed by atoms with E-state index < -0.39 is 5.97 Å². The molecule has 0 aliphatic carbocycles. The molecule has 0 bridgehead atoms. The number of fused-ring (bicyclic) bond motifs is 1. The van der Waals surface area contributed by atoms with Crippen LogP contribution in [0.15, 0.2) is 30.3 Å². The molecule has 2 N–H and O–H groups in total. The first-order chi connectivity index (χ1) is 7.68. The number of carbonyl (C=O) groups is 1. The van der Waals surface area contributed by atoms with Gasteiger partial charge >= 0.3 is 5.97 Å². The van der Waals surface area contributed by atoms with Gasteiger partial charge in [0.05, 0.1) is 6.54 Å². The Kier molecular flexibility index (Phi) is 4.54. The second kappa shape index (κ2) is 5.70. The third-order valence-electron chi connectivity index (χ3n) is 2.63. The zero-order chi connectivity index (χ0) is 11.5. The Hall–Kier alpha value is -1.52. The van der Waals surface area contributed by atoms with Crippen LogP contribution in [0.5, 0.6) is 0 Å². The number of aliphatic carboxylic acids is 1. The molecule has 0 amide bonds. The predicted octanol–water partition coefficient (Wildman–Crippen LogP) is 1.77. The predicted molar refractivity (Wildman–Crippen MR) is 69.5 cm³/mol. The molecule has 1 aromatic carbocycles. The summed E-state index contributed by atoms with van der Waals surface area (Å²) >= 11 is 0. The Morgan fingerprint density at radius 2 is 2.12 bits per heavy atom. The van der Waals surface area contributed by atoms with E-state index in [9.17, 15) is 4.79 Å². The molecule has 0 aliphatic heterocycles. The Morgan fingerprint density at radius 3 is 2.76 bits per heavy atom. The number of carboxylic acid groups (broad SMARTS) is 1. The second-order valence-corrected chi connectivity index (χ2v) is 3.75. The number of para-hydroxylation sites is 1. The molecule has 1 heterocycles. The minimum absolute atomic E-state index is 0. The molecule has 4 nitrogen and oxygen atoms in total. The molecule has 0 radical (unpaired) electrons. The first kappa shape index (κ1) is 13.5. The maximum Gasteiger partial charge on any atom is 0.317 e. The summed E-state index contributed by atoms with van der Waals surface area (Å²) in [4.78, 5) is 10.4. The molecule has 0 unspecified atom stereocenters. The fourth-order valence-corrected chi connectivity index (χ4v) is 1.81. The summed E-state index contributed by atoms with van der Waals surface area (Å²) in [6.07, 6.45) is 0. The quantitative estimate of drug-likeness (QED) is 0.875. The Morgan fingerprint density at radius 1 is 1.41 bits per heavy atom. The van der Waals surface area contributed by atoms with Gasteiger partial charge in [-0.2, -0.15) is 0 Å². The zero-order valence-electron chi connectivity index (χ0n) is 9.51. The molecule has 0 atom stereocenters. The van der Waals surface area contributed by atoms with Gasteiger partial charge in [-0.25, -0.2) is 0 Å². The number of aryl methyl sites for hydroxylation is 1. The van der Waals surface area contributed by atoms with Crippen LogP contribution in [-0.2, 0) is 18.4 Å². The average Bonchev–Trinajstić information content (AvgIpc) is 2.56. The van der Waals surface area contributed by atoms with Crippen LogP contribution in [0, 0.1) is 0 Å². The highest BCUT2D eigenvalue weighted by Crippen LogP contribution is 2.17. The van der Waals surface area contributed by atoms with Crippen molar-refractivity contribution in [3.8, 4) is 0 Å². The molecule has 1 aromatic heterocycles. The summed E-state index contributed by atoms with van der Waals surface area (Å²) in [5.41, 5.74) is 2.25. The maximum absolute atomic E-state index is 10.4. The SMILES string of the molecule is Cl.Cn1c(CNCC(=O)O)cc2ccccc21. The largest absolute Gasteiger partial charge is 0.480 e. The lowest BCUT2D eigenvalue weighted by Crippen LogP contribution is -2.22. The van der Waals surface area contributed by atoms with Crippen molar-refractivity contribution in [2.24, 2.45) is 7.05 Å². The van der Waals surface area contributed by atoms with Gasteiger partial charge in [0.25, 0.3) is 0 Å². The van der Waals surface area contributed by atoms with Crippen molar-refractivity contribution < 1.29 is 9.90 Å². The van der Waals surface area contributed by atoms with Crippen LogP contribution in [0.25, 0.3) is 10.9 Å². The van der Waals surface area contributed by atoms with Crippen LogP contribution < -0.4 is 5.32 Å². The number of carboxylic acids is 1. The third kappa shape index (κ3) is 2.99. The van der Waals surface area contributed by atoms with Crippen molar-refractivity contribution in [3.05, 3.63) is 36.0 Å². The van der Waals surface area contributed by atoms with Gasteiger partial charge in [-0.3, -0.25) is 4.79 Å². The highest BCUT2D eigenvalue weighted by Gasteiger charge is 2.04. The maximum atomic E-state index is 10.4. The molecule has 92 valence electrons. The smallest absolute Gasteiger partial charge is 0.317 e. The normalized spacial score (nSPS) is 10.2. The van der Waals surface area contributed by atoms with E-state index in [0.717, 1.165) is 11.2 Å². The van der Waals surface area contributed by atoms with Crippen LogP contribution in [-0.4, -0.2) is 22.2 Å². The highest BCUT2D eigenvalue weighted by atomic mass is 35.5. The number of nitrogens with zero attached hydrogens (tertiary/aromatic N) is 1. The molecule has 2 rings (SSSR count). The van der Waals surface area contributed by atoms with E-state index in [1.807, 2.05) is 19.2 Å². The topological polar surface area (TPSA) is 54.3 Å². The Balaban J connectivity index is 0.00000144. The van der Waals surface area contributed by atoms with E-state index in [-0.39, 0.29) is 19.0 Å². The number of nitrogens with one attached hydrogen (secondary N) is 1. The summed E-state index contributed by atoms with van der Waals surface area (Å²) in [5.74, 6) is -0.834. The van der Waals surface area contributed by atoms with Crippen molar-refractivity contribution in [2.75, 3.05) is 6.54 Å². The van der Waals surface area contributed by atoms with Gasteiger partial charge in [0, 0.05) is 24.8 Å². The molecule has 0 spiro atoms. The van der Waals surface area contributed by atoms with Crippen LogP contribution in [0.3, 0.4) is 0 Å². The number of aromatic nitrogens is 1. The van der Waals surface area contributed by atoms with Gasteiger partial charge in [-0.15, -0.1) is 12.4 Å². The first-order valence-corrected chi connectivity index (χ1v) is 5.14. The summed E-state index contributed by atoms with van der Waals surface area (Å²) in [6, 6.07) is 10.2.